The molecule has 3 rings (SSSR count). The first kappa shape index (κ1) is 23.9. The monoisotopic (exact) mass is 492 g/mol. The third-order valence-corrected chi connectivity index (χ3v) is 6.71. The molecule has 0 aromatic heterocycles. The molecule has 0 unspecified atom stereocenters. The van der Waals surface area contributed by atoms with Gasteiger partial charge in [-0.3, -0.25) is 9.52 Å². The quantitative estimate of drug-likeness (QED) is 0.429. The first-order chi connectivity index (χ1) is 15.0. The molecule has 0 saturated carbocycles. The van der Waals surface area contributed by atoms with Crippen molar-refractivity contribution in [3.63, 3.8) is 0 Å². The van der Waals surface area contributed by atoms with Gasteiger partial charge in [0, 0.05) is 15.7 Å². The lowest BCUT2D eigenvalue weighted by Gasteiger charge is -2.25. The molecule has 6 nitrogen and oxygen atoms in total. The number of anilines is 2. The van der Waals surface area contributed by atoms with Gasteiger partial charge in [-0.15, -0.1) is 0 Å². The molecule has 0 atom stereocenters. The second kappa shape index (κ2) is 9.40. The third-order valence-electron chi connectivity index (χ3n) is 4.67. The number of carbonyl (C=O) groups excluding carboxylic acids is 1. The summed E-state index contributed by atoms with van der Waals surface area (Å²) in [7, 11) is -3.83. The van der Waals surface area contributed by atoms with Crippen LogP contribution < -0.4 is 14.8 Å². The number of hydrogen-bond donors (Lipinski definition) is 2. The van der Waals surface area contributed by atoms with Gasteiger partial charge < -0.3 is 10.1 Å². The van der Waals surface area contributed by atoms with E-state index < -0.39 is 21.5 Å². The van der Waals surface area contributed by atoms with Crippen molar-refractivity contribution in [1.82, 2.24) is 0 Å². The maximum absolute atomic E-state index is 12.7. The second-order valence-electron chi connectivity index (χ2n) is 7.56. The molecular weight excluding hydrogens is 471 g/mol. The van der Waals surface area contributed by atoms with Gasteiger partial charge in [0.05, 0.1) is 10.6 Å². The average Bonchev–Trinajstić information content (AvgIpc) is 2.73. The van der Waals surface area contributed by atoms with Crippen LogP contribution >= 0.6 is 23.2 Å². The van der Waals surface area contributed by atoms with E-state index in [1.54, 1.807) is 63.2 Å². The van der Waals surface area contributed by atoms with Gasteiger partial charge in [0.2, 0.25) is 0 Å². The van der Waals surface area contributed by atoms with Crippen molar-refractivity contribution >= 4 is 50.5 Å². The van der Waals surface area contributed by atoms with Crippen LogP contribution in [0, 0.1) is 6.92 Å². The molecular formula is C23H22Cl2N2O4S. The van der Waals surface area contributed by atoms with Gasteiger partial charge >= 0.3 is 0 Å². The Morgan fingerprint density at radius 2 is 1.56 bits per heavy atom. The fourth-order valence-electron chi connectivity index (χ4n) is 2.76. The van der Waals surface area contributed by atoms with Gasteiger partial charge in [-0.25, -0.2) is 8.42 Å². The smallest absolute Gasteiger partial charge is 0.267 e. The SMILES string of the molecule is Cc1c(Cl)cccc1NS(=O)(=O)c1ccc(NC(=O)C(C)(C)Oc2ccc(Cl)cc2)cc1. The number of ether oxygens (including phenoxy) is 1. The molecule has 0 aliphatic rings. The molecule has 3 aromatic carbocycles. The van der Waals surface area contributed by atoms with Crippen LogP contribution in [0.1, 0.15) is 19.4 Å². The third kappa shape index (κ3) is 5.73. The van der Waals surface area contributed by atoms with Gasteiger partial charge in [0.1, 0.15) is 5.75 Å². The number of halogens is 2. The molecule has 2 N–H and O–H groups in total. The van der Waals surface area contributed by atoms with Crippen LogP contribution in [0.4, 0.5) is 11.4 Å². The summed E-state index contributed by atoms with van der Waals surface area (Å²) in [5.74, 6) is 0.106. The predicted octanol–water partition coefficient (Wildman–Crippen LogP) is 5.90. The molecule has 9 heteroatoms. The van der Waals surface area contributed by atoms with Gasteiger partial charge in [0.15, 0.2) is 5.60 Å². The molecule has 0 aliphatic carbocycles. The zero-order valence-electron chi connectivity index (χ0n) is 17.6. The Kier molecular flexibility index (Phi) is 7.03. The van der Waals surface area contributed by atoms with Crippen molar-refractivity contribution in [2.45, 2.75) is 31.3 Å². The molecule has 0 bridgehead atoms. The van der Waals surface area contributed by atoms with E-state index in [0.29, 0.717) is 32.7 Å². The summed E-state index contributed by atoms with van der Waals surface area (Å²) in [5, 5.41) is 3.77. The summed E-state index contributed by atoms with van der Waals surface area (Å²) in [6.45, 7) is 4.99. The highest BCUT2D eigenvalue weighted by Crippen LogP contribution is 2.26. The largest absolute Gasteiger partial charge is 0.478 e. The Hall–Kier alpha value is -2.74. The number of hydrogen-bond acceptors (Lipinski definition) is 4. The standard InChI is InChI=1S/C23H22Cl2N2O4S/c1-15-20(25)5-4-6-21(15)27-32(29,30)19-13-9-17(10-14-19)26-22(28)23(2,3)31-18-11-7-16(24)8-12-18/h4-14,27H,1-3H3,(H,26,28). The Morgan fingerprint density at radius 1 is 0.938 bits per heavy atom. The lowest BCUT2D eigenvalue weighted by Crippen LogP contribution is -2.42. The predicted molar refractivity (Wildman–Crippen MR) is 128 cm³/mol. The summed E-state index contributed by atoms with van der Waals surface area (Å²) in [6.07, 6.45) is 0. The molecule has 168 valence electrons. The summed E-state index contributed by atoms with van der Waals surface area (Å²) in [4.78, 5) is 12.7. The van der Waals surface area contributed by atoms with Gasteiger partial charge in [0.25, 0.3) is 15.9 Å². The van der Waals surface area contributed by atoms with Gasteiger partial charge in [-0.05, 0) is 87.0 Å². The van der Waals surface area contributed by atoms with Crippen LogP contribution in [0.25, 0.3) is 0 Å². The molecule has 0 fully saturated rings. The Morgan fingerprint density at radius 3 is 2.19 bits per heavy atom. The van der Waals surface area contributed by atoms with Crippen molar-refractivity contribution in [2.24, 2.45) is 0 Å². The molecule has 32 heavy (non-hydrogen) atoms. The van der Waals surface area contributed by atoms with Crippen LogP contribution in [-0.2, 0) is 14.8 Å². The van der Waals surface area contributed by atoms with E-state index in [1.807, 2.05) is 0 Å². The van der Waals surface area contributed by atoms with E-state index in [1.165, 1.54) is 24.3 Å². The fraction of sp³-hybridized carbons (Fsp3) is 0.174. The topological polar surface area (TPSA) is 84.5 Å². The molecule has 0 heterocycles. The van der Waals surface area contributed by atoms with E-state index in [9.17, 15) is 13.2 Å². The lowest BCUT2D eigenvalue weighted by molar-refractivity contribution is -0.128. The van der Waals surface area contributed by atoms with E-state index >= 15 is 0 Å². The second-order valence-corrected chi connectivity index (χ2v) is 10.1. The van der Waals surface area contributed by atoms with Crippen molar-refractivity contribution in [3.05, 3.63) is 82.3 Å². The maximum Gasteiger partial charge on any atom is 0.267 e. The number of rotatable bonds is 7. The van der Waals surface area contributed by atoms with E-state index in [2.05, 4.69) is 10.0 Å². The highest BCUT2D eigenvalue weighted by Gasteiger charge is 2.30. The van der Waals surface area contributed by atoms with Crippen molar-refractivity contribution in [1.29, 1.82) is 0 Å². The Bertz CT molecular complexity index is 1230. The summed E-state index contributed by atoms with van der Waals surface area (Å²) >= 11 is 11.9. The normalized spacial score (nSPS) is 11.7. The van der Waals surface area contributed by atoms with Crippen LogP contribution in [0.5, 0.6) is 5.75 Å². The summed E-state index contributed by atoms with van der Waals surface area (Å²) in [6, 6.07) is 17.5. The Labute approximate surface area is 197 Å². The first-order valence-corrected chi connectivity index (χ1v) is 11.9. The highest BCUT2D eigenvalue weighted by molar-refractivity contribution is 7.92. The van der Waals surface area contributed by atoms with E-state index in [4.69, 9.17) is 27.9 Å². The van der Waals surface area contributed by atoms with Crippen molar-refractivity contribution < 1.29 is 17.9 Å². The van der Waals surface area contributed by atoms with E-state index in [0.717, 1.165) is 0 Å². The van der Waals surface area contributed by atoms with E-state index in [-0.39, 0.29) is 4.90 Å². The number of sulfonamides is 1. The number of nitrogens with one attached hydrogen (secondary N) is 2. The minimum atomic E-state index is -3.83. The molecule has 0 spiro atoms. The molecule has 1 amide bonds. The zero-order chi connectivity index (χ0) is 23.5. The van der Waals surface area contributed by atoms with Gasteiger partial charge in [-0.1, -0.05) is 29.3 Å². The zero-order valence-corrected chi connectivity index (χ0v) is 20.0. The van der Waals surface area contributed by atoms with Crippen molar-refractivity contribution in [3.8, 4) is 5.75 Å². The summed E-state index contributed by atoms with van der Waals surface area (Å²) in [5.41, 5.74) is 0.283. The summed E-state index contributed by atoms with van der Waals surface area (Å²) < 4.78 is 33.7. The number of amides is 1. The molecule has 3 aromatic rings. The number of benzene rings is 3. The van der Waals surface area contributed by atoms with Crippen LogP contribution in [-0.4, -0.2) is 19.9 Å². The van der Waals surface area contributed by atoms with Crippen molar-refractivity contribution in [2.75, 3.05) is 10.0 Å². The minimum absolute atomic E-state index is 0.0477. The minimum Gasteiger partial charge on any atom is -0.478 e. The molecule has 0 radical (unpaired) electrons. The van der Waals surface area contributed by atoms with Crippen LogP contribution in [0.3, 0.4) is 0 Å². The number of carbonyl (C=O) groups is 1. The first-order valence-electron chi connectivity index (χ1n) is 9.62. The fourth-order valence-corrected chi connectivity index (χ4v) is 4.19. The Balaban J connectivity index is 1.70. The molecule has 0 saturated heterocycles. The molecule has 0 aliphatic heterocycles. The van der Waals surface area contributed by atoms with Gasteiger partial charge in [-0.2, -0.15) is 0 Å². The highest BCUT2D eigenvalue weighted by atomic mass is 35.5. The average molecular weight is 493 g/mol. The lowest BCUT2D eigenvalue weighted by atomic mass is 10.1. The van der Waals surface area contributed by atoms with Crippen LogP contribution in [0.15, 0.2) is 71.6 Å². The van der Waals surface area contributed by atoms with Crippen LogP contribution in [0.2, 0.25) is 10.0 Å². The maximum atomic E-state index is 12.7.